The Labute approximate surface area is 124 Å². The van der Waals surface area contributed by atoms with Crippen molar-refractivity contribution in [3.63, 3.8) is 0 Å². The van der Waals surface area contributed by atoms with E-state index in [1.54, 1.807) is 24.3 Å². The number of benzene rings is 1. The van der Waals surface area contributed by atoms with Crippen LogP contribution >= 0.6 is 0 Å². The molecule has 1 saturated carbocycles. The molecule has 0 aromatic heterocycles. The van der Waals surface area contributed by atoms with Crippen molar-refractivity contribution >= 4 is 11.9 Å². The van der Waals surface area contributed by atoms with E-state index >= 15 is 0 Å². The van der Waals surface area contributed by atoms with Crippen LogP contribution in [-0.2, 0) is 11.2 Å². The Morgan fingerprint density at radius 2 is 1.76 bits per heavy atom. The molecule has 0 radical (unpaired) electrons. The summed E-state index contributed by atoms with van der Waals surface area (Å²) in [6.45, 7) is 3.39. The van der Waals surface area contributed by atoms with Gasteiger partial charge in [-0.1, -0.05) is 18.2 Å². The molecule has 1 saturated heterocycles. The summed E-state index contributed by atoms with van der Waals surface area (Å²) in [6.07, 6.45) is 2.76. The average Bonchev–Trinajstić information content (AvgIpc) is 3.32. The third-order valence-electron chi connectivity index (χ3n) is 4.32. The molecule has 1 aliphatic carbocycles. The van der Waals surface area contributed by atoms with E-state index < -0.39 is 5.97 Å². The van der Waals surface area contributed by atoms with Crippen LogP contribution in [-0.4, -0.2) is 59.0 Å². The molecule has 0 bridgehead atoms. The Morgan fingerprint density at radius 1 is 1.10 bits per heavy atom. The van der Waals surface area contributed by atoms with Gasteiger partial charge >= 0.3 is 5.97 Å². The van der Waals surface area contributed by atoms with Gasteiger partial charge in [0.05, 0.1) is 12.0 Å². The predicted molar refractivity (Wildman–Crippen MR) is 78.3 cm³/mol. The Balaban J connectivity index is 1.60. The van der Waals surface area contributed by atoms with E-state index in [-0.39, 0.29) is 17.9 Å². The first-order valence-electron chi connectivity index (χ1n) is 7.48. The van der Waals surface area contributed by atoms with Gasteiger partial charge in [-0.25, -0.2) is 4.79 Å². The quantitative estimate of drug-likeness (QED) is 0.905. The van der Waals surface area contributed by atoms with Gasteiger partial charge in [0.25, 0.3) is 0 Å². The number of carbonyl (C=O) groups is 2. The molecule has 21 heavy (non-hydrogen) atoms. The fourth-order valence-corrected chi connectivity index (χ4v) is 2.93. The zero-order valence-corrected chi connectivity index (χ0v) is 12.0. The lowest BCUT2D eigenvalue weighted by Gasteiger charge is -2.35. The molecule has 1 N–H and O–H groups in total. The second-order valence-electron chi connectivity index (χ2n) is 5.79. The maximum Gasteiger partial charge on any atom is 0.335 e. The van der Waals surface area contributed by atoms with Gasteiger partial charge in [0.15, 0.2) is 0 Å². The molecule has 2 fully saturated rings. The van der Waals surface area contributed by atoms with Gasteiger partial charge in [-0.3, -0.25) is 9.69 Å². The molecular weight excluding hydrogens is 268 g/mol. The molecule has 3 rings (SSSR count). The second kappa shape index (κ2) is 5.85. The lowest BCUT2D eigenvalue weighted by Crippen LogP contribution is -2.49. The van der Waals surface area contributed by atoms with Crippen molar-refractivity contribution in [1.82, 2.24) is 9.80 Å². The van der Waals surface area contributed by atoms with Gasteiger partial charge in [0.1, 0.15) is 0 Å². The third-order valence-corrected chi connectivity index (χ3v) is 4.32. The Morgan fingerprint density at radius 3 is 2.38 bits per heavy atom. The summed E-state index contributed by atoms with van der Waals surface area (Å²) >= 11 is 0. The normalized spacial score (nSPS) is 19.5. The van der Waals surface area contributed by atoms with Crippen LogP contribution in [0, 0.1) is 0 Å². The van der Waals surface area contributed by atoms with E-state index in [4.69, 9.17) is 5.11 Å². The van der Waals surface area contributed by atoms with Crippen LogP contribution in [0.3, 0.4) is 0 Å². The zero-order chi connectivity index (χ0) is 14.8. The Hall–Kier alpha value is -1.88. The molecule has 112 valence electrons. The van der Waals surface area contributed by atoms with Gasteiger partial charge in [0, 0.05) is 32.2 Å². The maximum atomic E-state index is 12.3. The Kier molecular flexibility index (Phi) is 3.92. The summed E-state index contributed by atoms with van der Waals surface area (Å²) < 4.78 is 0. The standard InChI is InChI=1S/C16H20N2O3/c19-15(11-12-3-1-2-4-14(12)16(20)21)18-9-7-17(8-10-18)13-5-6-13/h1-4,13H,5-11H2,(H,20,21). The van der Waals surface area contributed by atoms with Crippen molar-refractivity contribution < 1.29 is 14.7 Å². The fraction of sp³-hybridized carbons (Fsp3) is 0.500. The number of piperazine rings is 1. The van der Waals surface area contributed by atoms with Gasteiger partial charge in [-0.15, -0.1) is 0 Å². The van der Waals surface area contributed by atoms with Crippen molar-refractivity contribution in [2.75, 3.05) is 26.2 Å². The summed E-state index contributed by atoms with van der Waals surface area (Å²) in [6, 6.07) is 7.49. The highest BCUT2D eigenvalue weighted by Crippen LogP contribution is 2.27. The predicted octanol–water partition coefficient (Wildman–Crippen LogP) is 1.23. The lowest BCUT2D eigenvalue weighted by atomic mass is 10.0. The molecule has 1 aromatic rings. The second-order valence-corrected chi connectivity index (χ2v) is 5.79. The van der Waals surface area contributed by atoms with Gasteiger partial charge < -0.3 is 10.0 Å². The number of carbonyl (C=O) groups excluding carboxylic acids is 1. The van der Waals surface area contributed by atoms with Gasteiger partial charge in [-0.05, 0) is 24.5 Å². The maximum absolute atomic E-state index is 12.3. The molecule has 1 aromatic carbocycles. The van der Waals surface area contributed by atoms with E-state index in [0.29, 0.717) is 5.56 Å². The number of nitrogens with zero attached hydrogens (tertiary/aromatic N) is 2. The monoisotopic (exact) mass is 288 g/mol. The van der Waals surface area contributed by atoms with E-state index in [1.165, 1.54) is 12.8 Å². The summed E-state index contributed by atoms with van der Waals surface area (Å²) in [5.74, 6) is -0.948. The highest BCUT2D eigenvalue weighted by atomic mass is 16.4. The van der Waals surface area contributed by atoms with Crippen molar-refractivity contribution in [2.24, 2.45) is 0 Å². The van der Waals surface area contributed by atoms with E-state index in [2.05, 4.69) is 4.90 Å². The summed E-state index contributed by atoms with van der Waals surface area (Å²) in [5.41, 5.74) is 0.821. The highest BCUT2D eigenvalue weighted by molar-refractivity contribution is 5.91. The molecule has 1 amide bonds. The number of amides is 1. The molecule has 5 heteroatoms. The average molecular weight is 288 g/mol. The zero-order valence-electron chi connectivity index (χ0n) is 12.0. The number of rotatable bonds is 4. The molecule has 1 heterocycles. The van der Waals surface area contributed by atoms with Crippen molar-refractivity contribution in [2.45, 2.75) is 25.3 Å². The molecule has 5 nitrogen and oxygen atoms in total. The van der Waals surface area contributed by atoms with Crippen molar-refractivity contribution in [3.05, 3.63) is 35.4 Å². The molecular formula is C16H20N2O3. The lowest BCUT2D eigenvalue weighted by molar-refractivity contribution is -0.132. The van der Waals surface area contributed by atoms with E-state index in [9.17, 15) is 9.59 Å². The SMILES string of the molecule is O=C(O)c1ccccc1CC(=O)N1CCN(C2CC2)CC1. The number of hydrogen-bond acceptors (Lipinski definition) is 3. The number of hydrogen-bond donors (Lipinski definition) is 1. The first-order valence-corrected chi connectivity index (χ1v) is 7.48. The minimum atomic E-state index is -0.975. The topological polar surface area (TPSA) is 60.9 Å². The summed E-state index contributed by atoms with van der Waals surface area (Å²) in [7, 11) is 0. The van der Waals surface area contributed by atoms with Crippen LogP contribution in [0.25, 0.3) is 0 Å². The van der Waals surface area contributed by atoms with Crippen LogP contribution in [0.15, 0.2) is 24.3 Å². The molecule has 0 atom stereocenters. The highest BCUT2D eigenvalue weighted by Gasteiger charge is 2.32. The van der Waals surface area contributed by atoms with Crippen LogP contribution in [0.1, 0.15) is 28.8 Å². The number of carboxylic acid groups (broad SMARTS) is 1. The molecule has 2 aliphatic rings. The molecule has 0 unspecified atom stereocenters. The van der Waals surface area contributed by atoms with Crippen LogP contribution in [0.4, 0.5) is 0 Å². The van der Waals surface area contributed by atoms with Gasteiger partial charge in [-0.2, -0.15) is 0 Å². The van der Waals surface area contributed by atoms with Crippen molar-refractivity contribution in [1.29, 1.82) is 0 Å². The largest absolute Gasteiger partial charge is 0.478 e. The van der Waals surface area contributed by atoms with Crippen LogP contribution in [0.5, 0.6) is 0 Å². The minimum Gasteiger partial charge on any atom is -0.478 e. The molecule has 1 aliphatic heterocycles. The minimum absolute atomic E-state index is 0.0270. The number of carboxylic acids is 1. The first kappa shape index (κ1) is 14.1. The smallest absolute Gasteiger partial charge is 0.335 e. The Bertz CT molecular complexity index is 546. The van der Waals surface area contributed by atoms with Crippen molar-refractivity contribution in [3.8, 4) is 0 Å². The summed E-state index contributed by atoms with van der Waals surface area (Å²) in [5, 5.41) is 9.16. The fourth-order valence-electron chi connectivity index (χ4n) is 2.93. The van der Waals surface area contributed by atoms with Crippen LogP contribution < -0.4 is 0 Å². The number of aromatic carboxylic acids is 1. The molecule has 0 spiro atoms. The first-order chi connectivity index (χ1) is 10.1. The van der Waals surface area contributed by atoms with Gasteiger partial charge in [0.2, 0.25) is 5.91 Å². The third kappa shape index (κ3) is 3.24. The van der Waals surface area contributed by atoms with E-state index in [1.807, 2.05) is 4.90 Å². The summed E-state index contributed by atoms with van der Waals surface area (Å²) in [4.78, 5) is 27.8. The van der Waals surface area contributed by atoms with E-state index in [0.717, 1.165) is 32.2 Å². The van der Waals surface area contributed by atoms with Crippen LogP contribution in [0.2, 0.25) is 0 Å².